The third kappa shape index (κ3) is 5.98. The standard InChI is InChI=1S/C21H25ClN2O3S2/c1-16-4-8-19(9-5-16)28-14-12-23-21(25)17-3-2-13-24(15-17)29(26,27)20-10-6-18(22)7-11-20/h4-11,17H,2-3,12-15H2,1H3,(H,23,25)/t17-/m0/s1. The molecule has 1 fully saturated rings. The molecule has 8 heteroatoms. The molecule has 156 valence electrons. The summed E-state index contributed by atoms with van der Waals surface area (Å²) in [5.74, 6) is 0.370. The van der Waals surface area contributed by atoms with Gasteiger partial charge in [-0.25, -0.2) is 8.42 Å². The van der Waals surface area contributed by atoms with Gasteiger partial charge in [-0.15, -0.1) is 11.8 Å². The zero-order chi connectivity index (χ0) is 20.9. The van der Waals surface area contributed by atoms with Crippen LogP contribution in [0.5, 0.6) is 0 Å². The van der Waals surface area contributed by atoms with Gasteiger partial charge in [-0.05, 0) is 56.2 Å². The van der Waals surface area contributed by atoms with Gasteiger partial charge >= 0.3 is 0 Å². The number of rotatable bonds is 7. The highest BCUT2D eigenvalue weighted by molar-refractivity contribution is 7.99. The van der Waals surface area contributed by atoms with Crippen molar-refractivity contribution in [3.8, 4) is 0 Å². The van der Waals surface area contributed by atoms with E-state index in [0.717, 1.165) is 5.75 Å². The molecule has 0 saturated carbocycles. The smallest absolute Gasteiger partial charge is 0.243 e. The lowest BCUT2D eigenvalue weighted by molar-refractivity contribution is -0.125. The summed E-state index contributed by atoms with van der Waals surface area (Å²) >= 11 is 7.54. The van der Waals surface area contributed by atoms with Gasteiger partial charge in [0.2, 0.25) is 15.9 Å². The molecule has 0 spiro atoms. The van der Waals surface area contributed by atoms with Gasteiger partial charge < -0.3 is 5.32 Å². The predicted octanol–water partition coefficient (Wildman–Crippen LogP) is 3.96. The number of carbonyl (C=O) groups is 1. The highest BCUT2D eigenvalue weighted by atomic mass is 35.5. The average molecular weight is 453 g/mol. The van der Waals surface area contributed by atoms with Crippen LogP contribution in [0.4, 0.5) is 0 Å². The van der Waals surface area contributed by atoms with Crippen molar-refractivity contribution in [2.24, 2.45) is 5.92 Å². The van der Waals surface area contributed by atoms with Gasteiger partial charge in [0.25, 0.3) is 0 Å². The fourth-order valence-electron chi connectivity index (χ4n) is 3.25. The van der Waals surface area contributed by atoms with Crippen molar-refractivity contribution in [1.29, 1.82) is 0 Å². The number of hydrogen-bond acceptors (Lipinski definition) is 4. The molecule has 1 saturated heterocycles. The number of sulfonamides is 1. The average Bonchev–Trinajstić information content (AvgIpc) is 2.73. The Morgan fingerprint density at radius 3 is 2.55 bits per heavy atom. The number of carbonyl (C=O) groups excluding carboxylic acids is 1. The number of benzene rings is 2. The fraction of sp³-hybridized carbons (Fsp3) is 0.381. The van der Waals surface area contributed by atoms with Gasteiger partial charge in [0, 0.05) is 35.3 Å². The van der Waals surface area contributed by atoms with Gasteiger partial charge in [0.05, 0.1) is 10.8 Å². The Kier molecular flexibility index (Phi) is 7.62. The minimum atomic E-state index is -3.62. The minimum Gasteiger partial charge on any atom is -0.355 e. The monoisotopic (exact) mass is 452 g/mol. The number of nitrogens with one attached hydrogen (secondary N) is 1. The molecule has 3 rings (SSSR count). The Balaban J connectivity index is 1.51. The van der Waals surface area contributed by atoms with Crippen molar-refractivity contribution in [2.45, 2.75) is 29.6 Å². The minimum absolute atomic E-state index is 0.0782. The molecule has 1 aliphatic rings. The molecular weight excluding hydrogens is 428 g/mol. The Morgan fingerprint density at radius 2 is 1.86 bits per heavy atom. The molecule has 2 aromatic rings. The number of hydrogen-bond donors (Lipinski definition) is 1. The van der Waals surface area contributed by atoms with E-state index in [1.165, 1.54) is 26.9 Å². The van der Waals surface area contributed by atoms with Crippen LogP contribution in [0.15, 0.2) is 58.3 Å². The normalized spacial score (nSPS) is 17.8. The predicted molar refractivity (Wildman–Crippen MR) is 118 cm³/mol. The first-order valence-electron chi connectivity index (χ1n) is 9.59. The summed E-state index contributed by atoms with van der Waals surface area (Å²) in [5, 5.41) is 3.44. The zero-order valence-corrected chi connectivity index (χ0v) is 18.7. The zero-order valence-electron chi connectivity index (χ0n) is 16.3. The summed E-state index contributed by atoms with van der Waals surface area (Å²) in [6.07, 6.45) is 1.37. The van der Waals surface area contributed by atoms with Gasteiger partial charge in [0.15, 0.2) is 0 Å². The lowest BCUT2D eigenvalue weighted by Gasteiger charge is -2.31. The Bertz CT molecular complexity index is 931. The first-order chi connectivity index (χ1) is 13.9. The summed E-state index contributed by atoms with van der Waals surface area (Å²) in [6, 6.07) is 14.4. The van der Waals surface area contributed by atoms with Crippen LogP contribution >= 0.6 is 23.4 Å². The van der Waals surface area contributed by atoms with Gasteiger partial charge in [-0.2, -0.15) is 4.31 Å². The summed E-state index contributed by atoms with van der Waals surface area (Å²) in [4.78, 5) is 13.9. The van der Waals surface area contributed by atoms with E-state index in [2.05, 4.69) is 36.5 Å². The summed E-state index contributed by atoms with van der Waals surface area (Å²) in [7, 11) is -3.62. The second kappa shape index (κ2) is 9.98. The maximum Gasteiger partial charge on any atom is 0.243 e. The highest BCUT2D eigenvalue weighted by Gasteiger charge is 2.33. The van der Waals surface area contributed by atoms with Gasteiger partial charge in [-0.3, -0.25) is 4.79 Å². The largest absolute Gasteiger partial charge is 0.355 e. The van der Waals surface area contributed by atoms with Crippen LogP contribution in [-0.2, 0) is 14.8 Å². The van der Waals surface area contributed by atoms with Crippen LogP contribution < -0.4 is 5.32 Å². The van der Waals surface area contributed by atoms with Crippen LogP contribution in [0, 0.1) is 12.8 Å². The number of halogens is 1. The maximum absolute atomic E-state index is 12.9. The summed E-state index contributed by atoms with van der Waals surface area (Å²) in [5.41, 5.74) is 1.22. The Hall–Kier alpha value is -1.54. The SMILES string of the molecule is Cc1ccc(SCCNC(=O)[C@H]2CCCN(S(=O)(=O)c3ccc(Cl)cc3)C2)cc1. The van der Waals surface area contributed by atoms with E-state index in [1.54, 1.807) is 23.9 Å². The molecule has 0 aliphatic carbocycles. The Morgan fingerprint density at radius 1 is 1.17 bits per heavy atom. The highest BCUT2D eigenvalue weighted by Crippen LogP contribution is 2.25. The number of thioether (sulfide) groups is 1. The second-order valence-corrected chi connectivity index (χ2v) is 10.7. The molecule has 2 aromatic carbocycles. The van der Waals surface area contributed by atoms with Crippen molar-refractivity contribution in [3.05, 3.63) is 59.1 Å². The molecule has 5 nitrogen and oxygen atoms in total. The van der Waals surface area contributed by atoms with Gasteiger partial charge in [-0.1, -0.05) is 29.3 Å². The van der Waals surface area contributed by atoms with E-state index in [1.807, 2.05) is 0 Å². The van der Waals surface area contributed by atoms with Crippen molar-refractivity contribution in [3.63, 3.8) is 0 Å². The molecule has 29 heavy (non-hydrogen) atoms. The lowest BCUT2D eigenvalue weighted by atomic mass is 9.99. The molecular formula is C21H25ClN2O3S2. The molecule has 0 radical (unpaired) electrons. The van der Waals surface area contributed by atoms with Crippen molar-refractivity contribution >= 4 is 39.3 Å². The molecule has 0 aromatic heterocycles. The third-order valence-corrected chi connectivity index (χ3v) is 8.04. The van der Waals surface area contributed by atoms with E-state index in [9.17, 15) is 13.2 Å². The number of aryl methyl sites for hydroxylation is 1. The van der Waals surface area contributed by atoms with E-state index in [-0.39, 0.29) is 23.3 Å². The van der Waals surface area contributed by atoms with Gasteiger partial charge in [0.1, 0.15) is 0 Å². The molecule has 0 unspecified atom stereocenters. The van der Waals surface area contributed by atoms with E-state index >= 15 is 0 Å². The van der Waals surface area contributed by atoms with E-state index in [0.29, 0.717) is 31.0 Å². The van der Waals surface area contributed by atoms with Crippen molar-refractivity contribution in [2.75, 3.05) is 25.4 Å². The van der Waals surface area contributed by atoms with E-state index in [4.69, 9.17) is 11.6 Å². The van der Waals surface area contributed by atoms with E-state index < -0.39 is 10.0 Å². The van der Waals surface area contributed by atoms with Crippen LogP contribution in [0.25, 0.3) is 0 Å². The van der Waals surface area contributed by atoms with Crippen molar-refractivity contribution in [1.82, 2.24) is 9.62 Å². The quantitative estimate of drug-likeness (QED) is 0.510. The maximum atomic E-state index is 12.9. The topological polar surface area (TPSA) is 66.5 Å². The number of piperidine rings is 1. The van der Waals surface area contributed by atoms with Crippen LogP contribution in [0.1, 0.15) is 18.4 Å². The number of amides is 1. The van der Waals surface area contributed by atoms with Crippen LogP contribution in [-0.4, -0.2) is 44.0 Å². The molecule has 1 aliphatic heterocycles. The summed E-state index contributed by atoms with van der Waals surface area (Å²) in [6.45, 7) is 3.24. The van der Waals surface area contributed by atoms with Crippen molar-refractivity contribution < 1.29 is 13.2 Å². The summed E-state index contributed by atoms with van der Waals surface area (Å²) < 4.78 is 27.1. The first kappa shape index (κ1) is 22.2. The fourth-order valence-corrected chi connectivity index (χ4v) is 5.67. The first-order valence-corrected chi connectivity index (χ1v) is 12.4. The molecule has 1 heterocycles. The molecule has 0 bridgehead atoms. The Labute approximate surface area is 181 Å². The molecule has 1 amide bonds. The van der Waals surface area contributed by atoms with Crippen LogP contribution in [0.3, 0.4) is 0 Å². The molecule has 1 atom stereocenters. The number of nitrogens with zero attached hydrogens (tertiary/aromatic N) is 1. The second-order valence-electron chi connectivity index (χ2n) is 7.11. The van der Waals surface area contributed by atoms with Crippen LogP contribution in [0.2, 0.25) is 5.02 Å². The molecule has 1 N–H and O–H groups in total. The lowest BCUT2D eigenvalue weighted by Crippen LogP contribution is -2.45. The third-order valence-electron chi connectivity index (χ3n) is 4.90.